The first-order chi connectivity index (χ1) is 8.83. The number of carbonyl (C=O) groups excluding carboxylic acids is 1. The molecule has 0 aromatic carbocycles. The Hall–Kier alpha value is -1.29. The Morgan fingerprint density at radius 2 is 2.22 bits per heavy atom. The summed E-state index contributed by atoms with van der Waals surface area (Å²) in [7, 11) is 0. The van der Waals surface area contributed by atoms with Gasteiger partial charge in [-0.05, 0) is 37.8 Å². The van der Waals surface area contributed by atoms with Crippen molar-refractivity contribution in [1.82, 2.24) is 10.2 Å². The summed E-state index contributed by atoms with van der Waals surface area (Å²) in [5, 5.41) is 3.39. The van der Waals surface area contributed by atoms with Crippen LogP contribution in [0.1, 0.15) is 37.9 Å². The van der Waals surface area contributed by atoms with Gasteiger partial charge in [0.15, 0.2) is 0 Å². The second kappa shape index (κ2) is 5.14. The van der Waals surface area contributed by atoms with E-state index >= 15 is 0 Å². The molecule has 3 rings (SSSR count). The van der Waals surface area contributed by atoms with Crippen molar-refractivity contribution in [3.8, 4) is 0 Å². The molecule has 1 N–H and O–H groups in total. The maximum Gasteiger partial charge on any atom is 0.224 e. The molecule has 1 heterocycles. The van der Waals surface area contributed by atoms with Crippen molar-refractivity contribution in [2.24, 2.45) is 0 Å². The summed E-state index contributed by atoms with van der Waals surface area (Å²) in [4.78, 5) is 14.2. The number of furan rings is 1. The zero-order valence-electron chi connectivity index (χ0n) is 10.6. The van der Waals surface area contributed by atoms with Crippen molar-refractivity contribution < 1.29 is 9.21 Å². The summed E-state index contributed by atoms with van der Waals surface area (Å²) in [6.07, 6.45) is 7.10. The first-order valence-electron chi connectivity index (χ1n) is 6.88. The third-order valence-corrected chi connectivity index (χ3v) is 3.56. The van der Waals surface area contributed by atoms with Crippen LogP contribution in [0.2, 0.25) is 0 Å². The largest absolute Gasteiger partial charge is 0.467 e. The van der Waals surface area contributed by atoms with E-state index in [9.17, 15) is 4.79 Å². The topological polar surface area (TPSA) is 45.5 Å². The highest BCUT2D eigenvalue weighted by Crippen LogP contribution is 2.29. The molecule has 0 saturated heterocycles. The standard InChI is InChI=1S/C14H20N2O2/c17-14(7-8-15-11-3-4-11)16(12-5-6-12)10-13-2-1-9-18-13/h1-2,9,11-12,15H,3-8,10H2. The van der Waals surface area contributed by atoms with Gasteiger partial charge in [-0.1, -0.05) is 0 Å². The molecule has 2 aliphatic rings. The second-order valence-corrected chi connectivity index (χ2v) is 5.31. The number of nitrogens with zero attached hydrogens (tertiary/aromatic N) is 1. The normalized spacial score (nSPS) is 18.9. The molecular formula is C14H20N2O2. The highest BCUT2D eigenvalue weighted by Gasteiger charge is 2.32. The zero-order valence-corrected chi connectivity index (χ0v) is 10.6. The van der Waals surface area contributed by atoms with Crippen LogP contribution in [-0.2, 0) is 11.3 Å². The molecule has 0 radical (unpaired) electrons. The van der Waals surface area contributed by atoms with Crippen LogP contribution in [0.25, 0.3) is 0 Å². The van der Waals surface area contributed by atoms with Gasteiger partial charge in [-0.25, -0.2) is 0 Å². The Bertz CT molecular complexity index is 394. The summed E-state index contributed by atoms with van der Waals surface area (Å²) < 4.78 is 5.34. The van der Waals surface area contributed by atoms with E-state index < -0.39 is 0 Å². The Labute approximate surface area is 107 Å². The molecular weight excluding hydrogens is 228 g/mol. The van der Waals surface area contributed by atoms with E-state index in [-0.39, 0.29) is 5.91 Å². The maximum absolute atomic E-state index is 12.2. The van der Waals surface area contributed by atoms with Crippen molar-refractivity contribution in [2.75, 3.05) is 6.54 Å². The number of carbonyl (C=O) groups is 1. The third kappa shape index (κ3) is 3.13. The van der Waals surface area contributed by atoms with Crippen LogP contribution in [0.5, 0.6) is 0 Å². The lowest BCUT2D eigenvalue weighted by atomic mass is 10.3. The molecule has 0 atom stereocenters. The lowest BCUT2D eigenvalue weighted by molar-refractivity contribution is -0.132. The van der Waals surface area contributed by atoms with Crippen LogP contribution < -0.4 is 5.32 Å². The zero-order chi connectivity index (χ0) is 12.4. The van der Waals surface area contributed by atoms with Gasteiger partial charge < -0.3 is 14.6 Å². The van der Waals surface area contributed by atoms with E-state index in [4.69, 9.17) is 4.42 Å². The number of rotatable bonds is 7. The van der Waals surface area contributed by atoms with Crippen LogP contribution in [-0.4, -0.2) is 29.4 Å². The van der Waals surface area contributed by atoms with E-state index in [2.05, 4.69) is 5.32 Å². The molecule has 4 nitrogen and oxygen atoms in total. The predicted molar refractivity (Wildman–Crippen MR) is 67.9 cm³/mol. The van der Waals surface area contributed by atoms with Crippen molar-refractivity contribution >= 4 is 5.91 Å². The van der Waals surface area contributed by atoms with Gasteiger partial charge in [0, 0.05) is 25.0 Å². The molecule has 18 heavy (non-hydrogen) atoms. The lowest BCUT2D eigenvalue weighted by Crippen LogP contribution is -2.34. The minimum atomic E-state index is 0.252. The summed E-state index contributed by atoms with van der Waals surface area (Å²) >= 11 is 0. The molecule has 1 aromatic rings. The number of hydrogen-bond donors (Lipinski definition) is 1. The highest BCUT2D eigenvalue weighted by atomic mass is 16.3. The first kappa shape index (κ1) is 11.8. The molecule has 1 aromatic heterocycles. The lowest BCUT2D eigenvalue weighted by Gasteiger charge is -2.21. The monoisotopic (exact) mass is 248 g/mol. The van der Waals surface area contributed by atoms with Gasteiger partial charge in [-0.3, -0.25) is 4.79 Å². The predicted octanol–water partition coefficient (Wildman–Crippen LogP) is 1.91. The quantitative estimate of drug-likeness (QED) is 0.801. The number of nitrogens with one attached hydrogen (secondary N) is 1. The summed E-state index contributed by atoms with van der Waals surface area (Å²) in [6, 6.07) is 4.94. The first-order valence-corrected chi connectivity index (χ1v) is 6.88. The molecule has 2 saturated carbocycles. The SMILES string of the molecule is O=C(CCNC1CC1)N(Cc1ccco1)C1CC1. The number of hydrogen-bond acceptors (Lipinski definition) is 3. The maximum atomic E-state index is 12.2. The van der Waals surface area contributed by atoms with E-state index in [1.54, 1.807) is 6.26 Å². The van der Waals surface area contributed by atoms with Gasteiger partial charge in [-0.2, -0.15) is 0 Å². The fourth-order valence-electron chi connectivity index (χ4n) is 2.19. The van der Waals surface area contributed by atoms with Crippen LogP contribution in [0, 0.1) is 0 Å². The smallest absolute Gasteiger partial charge is 0.224 e. The average Bonchev–Trinajstić information content (AvgIpc) is 3.28. The van der Waals surface area contributed by atoms with Crippen LogP contribution in [0.15, 0.2) is 22.8 Å². The molecule has 2 aliphatic carbocycles. The van der Waals surface area contributed by atoms with Crippen LogP contribution in [0.3, 0.4) is 0 Å². The van der Waals surface area contributed by atoms with E-state index in [1.165, 1.54) is 12.8 Å². The second-order valence-electron chi connectivity index (χ2n) is 5.31. The minimum Gasteiger partial charge on any atom is -0.467 e. The molecule has 0 unspecified atom stereocenters. The number of amides is 1. The van der Waals surface area contributed by atoms with Gasteiger partial charge in [0.25, 0.3) is 0 Å². The van der Waals surface area contributed by atoms with E-state index in [0.717, 1.165) is 25.1 Å². The van der Waals surface area contributed by atoms with Gasteiger partial charge in [0.1, 0.15) is 5.76 Å². The molecule has 98 valence electrons. The summed E-state index contributed by atoms with van der Waals surface area (Å²) in [5.41, 5.74) is 0. The Morgan fingerprint density at radius 1 is 1.39 bits per heavy atom. The molecule has 0 aliphatic heterocycles. The minimum absolute atomic E-state index is 0.252. The van der Waals surface area contributed by atoms with E-state index in [0.29, 0.717) is 25.0 Å². The van der Waals surface area contributed by atoms with Gasteiger partial charge in [0.05, 0.1) is 12.8 Å². The van der Waals surface area contributed by atoms with Crippen molar-refractivity contribution in [1.29, 1.82) is 0 Å². The molecule has 2 fully saturated rings. The fraction of sp³-hybridized carbons (Fsp3) is 0.643. The average molecular weight is 248 g/mol. The van der Waals surface area contributed by atoms with Gasteiger partial charge in [-0.15, -0.1) is 0 Å². The molecule has 1 amide bonds. The van der Waals surface area contributed by atoms with Crippen molar-refractivity contribution in [3.05, 3.63) is 24.2 Å². The Balaban J connectivity index is 1.49. The third-order valence-electron chi connectivity index (χ3n) is 3.56. The van der Waals surface area contributed by atoms with Gasteiger partial charge in [0.2, 0.25) is 5.91 Å². The van der Waals surface area contributed by atoms with Gasteiger partial charge >= 0.3 is 0 Å². The molecule has 4 heteroatoms. The summed E-state index contributed by atoms with van der Waals surface area (Å²) in [6.45, 7) is 1.44. The Morgan fingerprint density at radius 3 is 2.83 bits per heavy atom. The summed E-state index contributed by atoms with van der Waals surface area (Å²) in [5.74, 6) is 1.13. The van der Waals surface area contributed by atoms with Crippen LogP contribution >= 0.6 is 0 Å². The van der Waals surface area contributed by atoms with Crippen LogP contribution in [0.4, 0.5) is 0 Å². The fourth-order valence-corrected chi connectivity index (χ4v) is 2.19. The van der Waals surface area contributed by atoms with E-state index in [1.807, 2.05) is 17.0 Å². The van der Waals surface area contributed by atoms with Crippen molar-refractivity contribution in [2.45, 2.75) is 50.7 Å². The molecule has 0 bridgehead atoms. The molecule has 0 spiro atoms. The Kier molecular flexibility index (Phi) is 3.37. The highest BCUT2D eigenvalue weighted by molar-refractivity contribution is 5.77. The van der Waals surface area contributed by atoms with Crippen molar-refractivity contribution in [3.63, 3.8) is 0 Å².